The van der Waals surface area contributed by atoms with Gasteiger partial charge in [0.05, 0.1) is 17.4 Å². The van der Waals surface area contributed by atoms with Crippen molar-refractivity contribution in [3.8, 4) is 11.8 Å². The summed E-state index contributed by atoms with van der Waals surface area (Å²) in [5.74, 6) is 0. The van der Waals surface area contributed by atoms with Crippen LogP contribution in [0.1, 0.15) is 11.1 Å². The fraction of sp³-hybridized carbons (Fsp3) is 0.0909. The molecular formula is C11H8ClN3. The van der Waals surface area contributed by atoms with Gasteiger partial charge in [-0.15, -0.1) is 0 Å². The summed E-state index contributed by atoms with van der Waals surface area (Å²) >= 11 is 5.81. The smallest absolute Gasteiger partial charge is 0.101 e. The summed E-state index contributed by atoms with van der Waals surface area (Å²) in [5, 5.41) is 13.7. The van der Waals surface area contributed by atoms with E-state index in [1.807, 2.05) is 13.1 Å². The van der Waals surface area contributed by atoms with E-state index in [1.54, 1.807) is 29.1 Å². The molecule has 2 aromatic rings. The van der Waals surface area contributed by atoms with Gasteiger partial charge in [-0.25, -0.2) is 4.68 Å². The monoisotopic (exact) mass is 217 g/mol. The topological polar surface area (TPSA) is 41.6 Å². The molecule has 0 saturated carbocycles. The largest absolute Gasteiger partial charge is 0.239 e. The van der Waals surface area contributed by atoms with Crippen LogP contribution in [0.5, 0.6) is 0 Å². The lowest BCUT2D eigenvalue weighted by molar-refractivity contribution is 0.877. The first kappa shape index (κ1) is 9.75. The van der Waals surface area contributed by atoms with Crippen molar-refractivity contribution in [2.75, 3.05) is 0 Å². The van der Waals surface area contributed by atoms with Gasteiger partial charge in [0.2, 0.25) is 0 Å². The van der Waals surface area contributed by atoms with Crippen molar-refractivity contribution in [1.82, 2.24) is 9.78 Å². The van der Waals surface area contributed by atoms with Gasteiger partial charge in [0.15, 0.2) is 0 Å². The minimum Gasteiger partial charge on any atom is -0.239 e. The summed E-state index contributed by atoms with van der Waals surface area (Å²) in [6.07, 6.45) is 3.61. The molecule has 0 atom stereocenters. The fourth-order valence-electron chi connectivity index (χ4n) is 1.34. The highest BCUT2D eigenvalue weighted by Crippen LogP contribution is 2.18. The Labute approximate surface area is 92.5 Å². The first-order valence-electron chi connectivity index (χ1n) is 4.42. The van der Waals surface area contributed by atoms with E-state index in [0.717, 1.165) is 11.3 Å². The van der Waals surface area contributed by atoms with Crippen LogP contribution in [0.2, 0.25) is 5.02 Å². The van der Waals surface area contributed by atoms with Crippen LogP contribution in [0.15, 0.2) is 30.6 Å². The second kappa shape index (κ2) is 3.76. The predicted molar refractivity (Wildman–Crippen MR) is 58.0 cm³/mol. The summed E-state index contributed by atoms with van der Waals surface area (Å²) in [5.41, 5.74) is 2.31. The van der Waals surface area contributed by atoms with E-state index in [1.165, 1.54) is 0 Å². The third-order valence-corrected chi connectivity index (χ3v) is 2.27. The zero-order valence-corrected chi connectivity index (χ0v) is 8.86. The number of halogens is 1. The summed E-state index contributed by atoms with van der Waals surface area (Å²) in [7, 11) is 0. The molecule has 0 radical (unpaired) electrons. The number of aryl methyl sites for hydroxylation is 1. The molecule has 1 heterocycles. The van der Waals surface area contributed by atoms with E-state index in [-0.39, 0.29) is 0 Å². The van der Waals surface area contributed by atoms with Crippen molar-refractivity contribution in [2.24, 2.45) is 0 Å². The molecule has 4 heteroatoms. The van der Waals surface area contributed by atoms with Crippen molar-refractivity contribution in [2.45, 2.75) is 6.92 Å². The highest BCUT2D eigenvalue weighted by Gasteiger charge is 2.05. The Morgan fingerprint density at radius 2 is 2.27 bits per heavy atom. The number of nitriles is 1. The van der Waals surface area contributed by atoms with E-state index in [9.17, 15) is 0 Å². The maximum absolute atomic E-state index is 8.96. The molecule has 0 aliphatic heterocycles. The number of hydrogen-bond donors (Lipinski definition) is 0. The Morgan fingerprint density at radius 1 is 1.47 bits per heavy atom. The van der Waals surface area contributed by atoms with Crippen molar-refractivity contribution in [3.05, 3.63) is 46.7 Å². The van der Waals surface area contributed by atoms with Crippen molar-refractivity contribution in [3.63, 3.8) is 0 Å². The van der Waals surface area contributed by atoms with Gasteiger partial charge in [-0.2, -0.15) is 10.4 Å². The first-order chi connectivity index (χ1) is 7.20. The fourth-order valence-corrected chi connectivity index (χ4v) is 1.51. The average Bonchev–Trinajstić information content (AvgIpc) is 2.64. The molecule has 0 spiro atoms. The van der Waals surface area contributed by atoms with E-state index < -0.39 is 0 Å². The second-order valence-electron chi connectivity index (χ2n) is 3.24. The molecule has 1 aromatic carbocycles. The zero-order chi connectivity index (χ0) is 10.8. The molecule has 0 saturated heterocycles. The summed E-state index contributed by atoms with van der Waals surface area (Å²) in [4.78, 5) is 0. The molecular weight excluding hydrogens is 210 g/mol. The molecule has 0 unspecified atom stereocenters. The van der Waals surface area contributed by atoms with Crippen LogP contribution in [0.4, 0.5) is 0 Å². The Bertz CT molecular complexity index is 537. The molecule has 0 amide bonds. The lowest BCUT2D eigenvalue weighted by atomic mass is 10.2. The van der Waals surface area contributed by atoms with Crippen LogP contribution >= 0.6 is 11.6 Å². The summed E-state index contributed by atoms with van der Waals surface area (Å²) in [6, 6.07) is 7.26. The Hall–Kier alpha value is -1.79. The second-order valence-corrected chi connectivity index (χ2v) is 3.67. The van der Waals surface area contributed by atoms with Crippen LogP contribution in [0.25, 0.3) is 5.69 Å². The highest BCUT2D eigenvalue weighted by atomic mass is 35.5. The van der Waals surface area contributed by atoms with Crippen LogP contribution in [-0.4, -0.2) is 9.78 Å². The van der Waals surface area contributed by atoms with Crippen molar-refractivity contribution in [1.29, 1.82) is 5.26 Å². The lowest BCUT2D eigenvalue weighted by Crippen LogP contribution is -1.97. The molecule has 0 aliphatic carbocycles. The molecule has 2 rings (SSSR count). The number of nitrogens with zero attached hydrogens (tertiary/aromatic N) is 3. The number of hydrogen-bond acceptors (Lipinski definition) is 2. The minimum atomic E-state index is 0.519. The van der Waals surface area contributed by atoms with Gasteiger partial charge in [0, 0.05) is 11.2 Å². The quantitative estimate of drug-likeness (QED) is 0.737. The van der Waals surface area contributed by atoms with Crippen molar-refractivity contribution < 1.29 is 0 Å². The van der Waals surface area contributed by atoms with Gasteiger partial charge >= 0.3 is 0 Å². The molecule has 3 nitrogen and oxygen atoms in total. The van der Waals surface area contributed by atoms with Gasteiger partial charge < -0.3 is 0 Å². The lowest BCUT2D eigenvalue weighted by Gasteiger charge is -2.03. The van der Waals surface area contributed by atoms with Gasteiger partial charge in [-0.1, -0.05) is 11.6 Å². The minimum absolute atomic E-state index is 0.519. The predicted octanol–water partition coefficient (Wildman–Crippen LogP) is 2.71. The molecule has 15 heavy (non-hydrogen) atoms. The molecule has 74 valence electrons. The molecule has 0 fully saturated rings. The molecule has 0 aliphatic rings. The molecule has 0 N–H and O–H groups in total. The van der Waals surface area contributed by atoms with Gasteiger partial charge in [0.25, 0.3) is 0 Å². The van der Waals surface area contributed by atoms with Crippen LogP contribution in [-0.2, 0) is 0 Å². The summed E-state index contributed by atoms with van der Waals surface area (Å²) in [6.45, 7) is 1.95. The van der Waals surface area contributed by atoms with Gasteiger partial charge in [0.1, 0.15) is 6.07 Å². The Morgan fingerprint density at radius 3 is 2.87 bits per heavy atom. The third kappa shape index (κ3) is 1.85. The summed E-state index contributed by atoms with van der Waals surface area (Å²) < 4.78 is 1.67. The Balaban J connectivity index is 2.58. The maximum Gasteiger partial charge on any atom is 0.101 e. The molecule has 0 bridgehead atoms. The first-order valence-corrected chi connectivity index (χ1v) is 4.80. The normalized spacial score (nSPS) is 9.93. The van der Waals surface area contributed by atoms with E-state index in [2.05, 4.69) is 11.2 Å². The third-order valence-electron chi connectivity index (χ3n) is 2.04. The highest BCUT2D eigenvalue weighted by molar-refractivity contribution is 6.30. The van der Waals surface area contributed by atoms with E-state index in [4.69, 9.17) is 16.9 Å². The standard InChI is InChI=1S/C11H8ClN3/c1-8-6-14-15(7-8)11-3-2-10(12)4-9(11)5-13/h2-4,6-7H,1H3. The van der Waals surface area contributed by atoms with Crippen molar-refractivity contribution >= 4 is 11.6 Å². The van der Waals surface area contributed by atoms with Crippen LogP contribution < -0.4 is 0 Å². The number of aromatic nitrogens is 2. The molecule has 1 aromatic heterocycles. The Kier molecular flexibility index (Phi) is 2.44. The average molecular weight is 218 g/mol. The van der Waals surface area contributed by atoms with Gasteiger partial charge in [-0.05, 0) is 30.7 Å². The SMILES string of the molecule is Cc1cnn(-c2ccc(Cl)cc2C#N)c1. The van der Waals surface area contributed by atoms with E-state index >= 15 is 0 Å². The maximum atomic E-state index is 8.96. The zero-order valence-electron chi connectivity index (χ0n) is 8.11. The van der Waals surface area contributed by atoms with Crippen LogP contribution in [0.3, 0.4) is 0 Å². The van der Waals surface area contributed by atoms with E-state index in [0.29, 0.717) is 10.6 Å². The number of rotatable bonds is 1. The number of benzene rings is 1. The van der Waals surface area contributed by atoms with Crippen LogP contribution in [0, 0.1) is 18.3 Å². The van der Waals surface area contributed by atoms with Gasteiger partial charge in [-0.3, -0.25) is 0 Å².